The first kappa shape index (κ1) is 13.8. The van der Waals surface area contributed by atoms with E-state index < -0.39 is 12.1 Å². The Balaban J connectivity index is 1.94. The minimum atomic E-state index is -0.662. The number of rotatable bonds is 6. The number of fused-ring (bicyclic) bond motifs is 1. The van der Waals surface area contributed by atoms with Crippen molar-refractivity contribution < 1.29 is 24.1 Å². The summed E-state index contributed by atoms with van der Waals surface area (Å²) >= 11 is 0. The average molecular weight is 258 g/mol. The van der Waals surface area contributed by atoms with Gasteiger partial charge in [-0.15, -0.1) is 0 Å². The zero-order valence-electron chi connectivity index (χ0n) is 11.3. The quantitative estimate of drug-likeness (QED) is 0.733. The highest BCUT2D eigenvalue weighted by Gasteiger charge is 2.49. The van der Waals surface area contributed by atoms with Gasteiger partial charge in [0, 0.05) is 12.2 Å². The Morgan fingerprint density at radius 3 is 2.78 bits per heavy atom. The molecule has 5 nitrogen and oxygen atoms in total. The summed E-state index contributed by atoms with van der Waals surface area (Å²) in [5.74, 6) is -0.0104. The first-order chi connectivity index (χ1) is 8.57. The highest BCUT2D eigenvalue weighted by molar-refractivity contribution is 5.22. The monoisotopic (exact) mass is 258 g/mol. The van der Waals surface area contributed by atoms with Gasteiger partial charge in [-0.2, -0.15) is 0 Å². The number of aliphatic hydroxyl groups excluding tert-OH is 1. The molecule has 2 aliphatic heterocycles. The fraction of sp³-hybridized carbons (Fsp3) is 0.846. The maximum atomic E-state index is 9.43. The van der Waals surface area contributed by atoms with Crippen molar-refractivity contribution in [2.75, 3.05) is 19.8 Å². The van der Waals surface area contributed by atoms with Crippen LogP contribution in [-0.4, -0.2) is 43.1 Å². The van der Waals surface area contributed by atoms with Crippen molar-refractivity contribution in [3.63, 3.8) is 0 Å². The van der Waals surface area contributed by atoms with Crippen LogP contribution in [0, 0.1) is 0 Å². The van der Waals surface area contributed by atoms with E-state index in [1.54, 1.807) is 0 Å². The molecule has 2 heterocycles. The van der Waals surface area contributed by atoms with Crippen molar-refractivity contribution in [2.45, 2.75) is 51.8 Å². The molecular weight excluding hydrogens is 236 g/mol. The molecule has 0 aliphatic carbocycles. The molecule has 0 aromatic heterocycles. The van der Waals surface area contributed by atoms with Crippen LogP contribution < -0.4 is 0 Å². The van der Waals surface area contributed by atoms with E-state index in [2.05, 4.69) is 6.92 Å². The lowest BCUT2D eigenvalue weighted by Crippen LogP contribution is -2.23. The molecule has 1 unspecified atom stereocenters. The molecule has 0 radical (unpaired) electrons. The largest absolute Gasteiger partial charge is 0.463 e. The highest BCUT2D eigenvalue weighted by atomic mass is 16.8. The normalized spacial score (nSPS) is 29.6. The number of hydrogen-bond acceptors (Lipinski definition) is 5. The molecule has 2 aliphatic rings. The van der Waals surface area contributed by atoms with Crippen molar-refractivity contribution in [3.8, 4) is 0 Å². The van der Waals surface area contributed by atoms with Crippen LogP contribution >= 0.6 is 0 Å². The summed E-state index contributed by atoms with van der Waals surface area (Å²) in [6.45, 7) is 6.76. The minimum Gasteiger partial charge on any atom is -0.463 e. The van der Waals surface area contributed by atoms with Crippen LogP contribution in [0.1, 0.15) is 33.6 Å². The van der Waals surface area contributed by atoms with Gasteiger partial charge in [-0.05, 0) is 20.3 Å². The van der Waals surface area contributed by atoms with Crippen LogP contribution in [-0.2, 0) is 18.9 Å². The Kier molecular flexibility index (Phi) is 4.27. The van der Waals surface area contributed by atoms with Gasteiger partial charge in [0.1, 0.15) is 12.4 Å². The van der Waals surface area contributed by atoms with Crippen LogP contribution in [0.3, 0.4) is 0 Å². The zero-order valence-corrected chi connectivity index (χ0v) is 11.3. The van der Waals surface area contributed by atoms with Gasteiger partial charge in [-0.3, -0.25) is 0 Å². The van der Waals surface area contributed by atoms with Gasteiger partial charge < -0.3 is 24.1 Å². The molecule has 5 heteroatoms. The molecule has 1 N–H and O–H groups in total. The summed E-state index contributed by atoms with van der Waals surface area (Å²) in [6, 6.07) is 0. The zero-order chi connectivity index (χ0) is 13.2. The number of unbranched alkanes of at least 4 members (excludes halogenated alkanes) is 1. The molecule has 0 bridgehead atoms. The van der Waals surface area contributed by atoms with Gasteiger partial charge in [0.2, 0.25) is 6.29 Å². The van der Waals surface area contributed by atoms with Crippen molar-refractivity contribution in [1.82, 2.24) is 0 Å². The summed E-state index contributed by atoms with van der Waals surface area (Å²) in [5.41, 5.74) is 0.738. The molecule has 0 spiro atoms. The standard InChI is InChI=1S/C13H22O5/c1-4-5-6-15-8-10-9(7-14)11-12(16-10)18-13(2,3)17-11/h11-12,14H,4-8H2,1-3H3/t11?,12-/m1/s1. The van der Waals surface area contributed by atoms with E-state index in [4.69, 9.17) is 18.9 Å². The molecule has 0 aromatic carbocycles. The lowest BCUT2D eigenvalue weighted by molar-refractivity contribution is -0.183. The minimum absolute atomic E-state index is 0.0902. The van der Waals surface area contributed by atoms with Crippen LogP contribution in [0.5, 0.6) is 0 Å². The fourth-order valence-corrected chi connectivity index (χ4v) is 2.14. The Morgan fingerprint density at radius 1 is 1.33 bits per heavy atom. The van der Waals surface area contributed by atoms with Crippen LogP contribution in [0.15, 0.2) is 11.3 Å². The summed E-state index contributed by atoms with van der Waals surface area (Å²) in [6.07, 6.45) is 1.36. The average Bonchev–Trinajstić information content (AvgIpc) is 2.75. The third-order valence-corrected chi connectivity index (χ3v) is 3.06. The van der Waals surface area contributed by atoms with E-state index in [1.165, 1.54) is 0 Å². The van der Waals surface area contributed by atoms with E-state index >= 15 is 0 Å². The second-order valence-electron chi connectivity index (χ2n) is 5.06. The Labute approximate surface area is 108 Å². The third-order valence-electron chi connectivity index (χ3n) is 3.06. The van der Waals surface area contributed by atoms with Gasteiger partial charge in [-0.1, -0.05) is 13.3 Å². The molecule has 2 rings (SSSR count). The maximum Gasteiger partial charge on any atom is 0.232 e. The first-order valence-corrected chi connectivity index (χ1v) is 6.50. The van der Waals surface area contributed by atoms with Gasteiger partial charge in [0.25, 0.3) is 0 Å². The lowest BCUT2D eigenvalue weighted by atomic mass is 10.1. The molecule has 0 saturated carbocycles. The predicted octanol–water partition coefficient (Wildman–Crippen LogP) is 1.56. The maximum absolute atomic E-state index is 9.43. The molecule has 18 heavy (non-hydrogen) atoms. The summed E-state index contributed by atoms with van der Waals surface area (Å²) < 4.78 is 22.5. The van der Waals surface area contributed by atoms with Crippen molar-refractivity contribution >= 4 is 0 Å². The van der Waals surface area contributed by atoms with Crippen LogP contribution in [0.25, 0.3) is 0 Å². The van der Waals surface area contributed by atoms with Crippen LogP contribution in [0.4, 0.5) is 0 Å². The Morgan fingerprint density at radius 2 is 2.11 bits per heavy atom. The smallest absolute Gasteiger partial charge is 0.232 e. The molecule has 1 fully saturated rings. The van der Waals surface area contributed by atoms with E-state index in [0.717, 1.165) is 18.4 Å². The van der Waals surface area contributed by atoms with E-state index in [-0.39, 0.29) is 12.7 Å². The van der Waals surface area contributed by atoms with Gasteiger partial charge >= 0.3 is 0 Å². The van der Waals surface area contributed by atoms with E-state index in [1.807, 2.05) is 13.8 Å². The second kappa shape index (κ2) is 5.57. The third kappa shape index (κ3) is 2.85. The summed E-state index contributed by atoms with van der Waals surface area (Å²) in [5, 5.41) is 9.43. The van der Waals surface area contributed by atoms with Crippen LogP contribution in [0.2, 0.25) is 0 Å². The number of aliphatic hydroxyl groups is 1. The molecule has 0 amide bonds. The summed E-state index contributed by atoms with van der Waals surface area (Å²) in [7, 11) is 0. The fourth-order valence-electron chi connectivity index (χ4n) is 2.14. The topological polar surface area (TPSA) is 57.2 Å². The lowest BCUT2D eigenvalue weighted by Gasteiger charge is -2.19. The van der Waals surface area contributed by atoms with Gasteiger partial charge in [0.15, 0.2) is 11.9 Å². The molecule has 2 atom stereocenters. The number of hydrogen-bond donors (Lipinski definition) is 1. The predicted molar refractivity (Wildman–Crippen MR) is 64.7 cm³/mol. The number of ether oxygens (including phenoxy) is 4. The second-order valence-corrected chi connectivity index (χ2v) is 5.06. The molecule has 1 saturated heterocycles. The molecule has 104 valence electrons. The molecule has 0 aromatic rings. The Hall–Kier alpha value is -0.620. The highest BCUT2D eigenvalue weighted by Crippen LogP contribution is 2.39. The summed E-state index contributed by atoms with van der Waals surface area (Å²) in [4.78, 5) is 0. The molecular formula is C13H22O5. The SMILES string of the molecule is CCCCOCC1=C(CO)C2OC(C)(C)O[C@H]2O1. The van der Waals surface area contributed by atoms with Crippen molar-refractivity contribution in [1.29, 1.82) is 0 Å². The Bertz CT molecular complexity index is 323. The van der Waals surface area contributed by atoms with E-state index in [9.17, 15) is 5.11 Å². The van der Waals surface area contributed by atoms with E-state index in [0.29, 0.717) is 19.0 Å². The van der Waals surface area contributed by atoms with Gasteiger partial charge in [-0.25, -0.2) is 0 Å². The van der Waals surface area contributed by atoms with Crippen molar-refractivity contribution in [3.05, 3.63) is 11.3 Å². The van der Waals surface area contributed by atoms with Crippen molar-refractivity contribution in [2.24, 2.45) is 0 Å². The first-order valence-electron chi connectivity index (χ1n) is 6.50. The van der Waals surface area contributed by atoms with Gasteiger partial charge in [0.05, 0.1) is 6.61 Å².